The highest BCUT2D eigenvalue weighted by molar-refractivity contribution is 5.93. The first-order valence-corrected chi connectivity index (χ1v) is 10.3. The molecule has 0 aliphatic carbocycles. The molecule has 0 aliphatic heterocycles. The van der Waals surface area contributed by atoms with Crippen LogP contribution in [0.2, 0.25) is 0 Å². The fraction of sp³-hybridized carbons (Fsp3) is 0.192. The van der Waals surface area contributed by atoms with Crippen molar-refractivity contribution in [3.05, 3.63) is 89.0 Å². The number of carbonyl (C=O) groups excluding carboxylic acids is 2. The van der Waals surface area contributed by atoms with Gasteiger partial charge in [0.05, 0.1) is 29.9 Å². The second kappa shape index (κ2) is 10.8. The van der Waals surface area contributed by atoms with Crippen LogP contribution >= 0.6 is 0 Å². The number of methoxy groups -OCH3 is 1. The first-order chi connectivity index (χ1) is 15.5. The summed E-state index contributed by atoms with van der Waals surface area (Å²) in [5.41, 5.74) is 2.19. The SMILES string of the molecule is CCCCc1ccc(OC(=O)c2ccc(OC(=O)c3ccc(C#N)cc3)c(OC)c2)cc1. The number of carbonyl (C=O) groups is 2. The van der Waals surface area contributed by atoms with Crippen molar-refractivity contribution in [2.75, 3.05) is 7.11 Å². The number of benzene rings is 3. The van der Waals surface area contributed by atoms with Crippen LogP contribution in [-0.2, 0) is 6.42 Å². The molecule has 0 saturated heterocycles. The predicted octanol–water partition coefficient (Wildman–Crippen LogP) is 5.35. The standard InChI is InChI=1S/C26H23NO5/c1-3-4-5-18-8-13-22(14-9-18)31-26(29)21-12-15-23(24(16-21)30-2)32-25(28)20-10-6-19(17-27)7-11-20/h6-16H,3-5H2,1-2H3. The number of unbranched alkanes of at least 4 members (excludes halogenated alkanes) is 1. The maximum Gasteiger partial charge on any atom is 0.343 e. The highest BCUT2D eigenvalue weighted by atomic mass is 16.6. The second-order valence-electron chi connectivity index (χ2n) is 7.08. The fourth-order valence-electron chi connectivity index (χ4n) is 2.99. The Morgan fingerprint density at radius 3 is 2.12 bits per heavy atom. The minimum Gasteiger partial charge on any atom is -0.493 e. The first kappa shape index (κ1) is 22.6. The molecule has 0 spiro atoms. The molecule has 3 aromatic carbocycles. The summed E-state index contributed by atoms with van der Waals surface area (Å²) in [5, 5.41) is 8.86. The van der Waals surface area contributed by atoms with E-state index in [2.05, 4.69) is 6.92 Å². The van der Waals surface area contributed by atoms with Crippen LogP contribution in [-0.4, -0.2) is 19.0 Å². The molecule has 0 amide bonds. The van der Waals surface area contributed by atoms with Crippen LogP contribution in [0.5, 0.6) is 17.2 Å². The summed E-state index contributed by atoms with van der Waals surface area (Å²) in [4.78, 5) is 24.9. The van der Waals surface area contributed by atoms with Gasteiger partial charge in [0.15, 0.2) is 11.5 Å². The largest absolute Gasteiger partial charge is 0.493 e. The molecule has 6 heteroatoms. The first-order valence-electron chi connectivity index (χ1n) is 10.3. The van der Waals surface area contributed by atoms with Crippen LogP contribution in [0, 0.1) is 11.3 Å². The number of rotatable bonds is 8. The maximum atomic E-state index is 12.5. The Morgan fingerprint density at radius 1 is 0.844 bits per heavy atom. The van der Waals surface area contributed by atoms with E-state index in [9.17, 15) is 9.59 Å². The highest BCUT2D eigenvalue weighted by Crippen LogP contribution is 2.29. The maximum absolute atomic E-state index is 12.5. The van der Waals surface area contributed by atoms with Gasteiger partial charge in [0.25, 0.3) is 0 Å². The Balaban J connectivity index is 1.69. The van der Waals surface area contributed by atoms with Crippen molar-refractivity contribution in [2.45, 2.75) is 26.2 Å². The molecule has 32 heavy (non-hydrogen) atoms. The van der Waals surface area contributed by atoms with Gasteiger partial charge in [-0.2, -0.15) is 5.26 Å². The van der Waals surface area contributed by atoms with Crippen LogP contribution in [0.4, 0.5) is 0 Å². The Kier molecular flexibility index (Phi) is 7.60. The number of ether oxygens (including phenoxy) is 3. The van der Waals surface area contributed by atoms with Crippen molar-refractivity contribution < 1.29 is 23.8 Å². The molecule has 6 nitrogen and oxygen atoms in total. The number of hydrogen-bond donors (Lipinski definition) is 0. The summed E-state index contributed by atoms with van der Waals surface area (Å²) in [5.74, 6) is -0.318. The van der Waals surface area contributed by atoms with Crippen LogP contribution in [0.1, 0.15) is 51.6 Å². The van der Waals surface area contributed by atoms with Gasteiger partial charge in [0, 0.05) is 0 Å². The van der Waals surface area contributed by atoms with E-state index < -0.39 is 11.9 Å². The zero-order valence-electron chi connectivity index (χ0n) is 18.0. The summed E-state index contributed by atoms with van der Waals surface area (Å²) in [6.07, 6.45) is 3.23. The van der Waals surface area contributed by atoms with E-state index in [4.69, 9.17) is 19.5 Å². The quantitative estimate of drug-likeness (QED) is 0.355. The molecular weight excluding hydrogens is 406 g/mol. The molecule has 0 atom stereocenters. The van der Waals surface area contributed by atoms with Gasteiger partial charge in [0.2, 0.25) is 0 Å². The van der Waals surface area contributed by atoms with E-state index in [1.807, 2.05) is 18.2 Å². The van der Waals surface area contributed by atoms with Crippen molar-refractivity contribution in [1.82, 2.24) is 0 Å². The molecule has 3 rings (SSSR count). The molecule has 0 radical (unpaired) electrons. The Labute approximate surface area is 187 Å². The monoisotopic (exact) mass is 429 g/mol. The highest BCUT2D eigenvalue weighted by Gasteiger charge is 2.16. The van der Waals surface area contributed by atoms with Crippen LogP contribution in [0.15, 0.2) is 66.7 Å². The molecule has 0 bridgehead atoms. The molecule has 0 aliphatic rings. The Hall–Kier alpha value is -4.11. The molecule has 162 valence electrons. The number of nitriles is 1. The summed E-state index contributed by atoms with van der Waals surface area (Å²) in [6.45, 7) is 2.14. The van der Waals surface area contributed by atoms with Crippen molar-refractivity contribution in [2.24, 2.45) is 0 Å². The smallest absolute Gasteiger partial charge is 0.343 e. The molecule has 0 unspecified atom stereocenters. The van der Waals surface area contributed by atoms with Gasteiger partial charge >= 0.3 is 11.9 Å². The van der Waals surface area contributed by atoms with E-state index in [-0.39, 0.29) is 22.6 Å². The van der Waals surface area contributed by atoms with Gasteiger partial charge in [-0.1, -0.05) is 25.5 Å². The lowest BCUT2D eigenvalue weighted by Crippen LogP contribution is -2.11. The third-order valence-electron chi connectivity index (χ3n) is 4.80. The average Bonchev–Trinajstić information content (AvgIpc) is 2.83. The lowest BCUT2D eigenvalue weighted by atomic mass is 10.1. The molecule has 0 heterocycles. The minimum absolute atomic E-state index is 0.165. The molecule has 0 N–H and O–H groups in total. The Bertz CT molecular complexity index is 1130. The van der Waals surface area contributed by atoms with Gasteiger partial charge in [-0.3, -0.25) is 0 Å². The zero-order chi connectivity index (χ0) is 22.9. The lowest BCUT2D eigenvalue weighted by Gasteiger charge is -2.11. The number of nitrogens with zero attached hydrogens (tertiary/aromatic N) is 1. The molecule has 0 saturated carbocycles. The minimum atomic E-state index is -0.605. The fourth-order valence-corrected chi connectivity index (χ4v) is 2.99. The van der Waals surface area contributed by atoms with Crippen molar-refractivity contribution in [1.29, 1.82) is 5.26 Å². The van der Waals surface area contributed by atoms with E-state index in [0.29, 0.717) is 11.3 Å². The molecule has 0 aromatic heterocycles. The molecule has 3 aromatic rings. The summed E-state index contributed by atoms with van der Waals surface area (Å²) < 4.78 is 16.1. The predicted molar refractivity (Wildman–Crippen MR) is 119 cm³/mol. The molecule has 0 fully saturated rings. The third-order valence-corrected chi connectivity index (χ3v) is 4.80. The van der Waals surface area contributed by atoms with Crippen LogP contribution in [0.3, 0.4) is 0 Å². The zero-order valence-corrected chi connectivity index (χ0v) is 18.0. The van der Waals surface area contributed by atoms with Crippen LogP contribution in [0.25, 0.3) is 0 Å². The average molecular weight is 429 g/mol. The second-order valence-corrected chi connectivity index (χ2v) is 7.08. The summed E-state index contributed by atoms with van der Waals surface area (Å²) in [6, 6.07) is 19.9. The number of aryl methyl sites for hydroxylation is 1. The van der Waals surface area contributed by atoms with Gasteiger partial charge in [-0.05, 0) is 73.0 Å². The topological polar surface area (TPSA) is 85.6 Å². The van der Waals surface area contributed by atoms with Crippen molar-refractivity contribution >= 4 is 11.9 Å². The van der Waals surface area contributed by atoms with Gasteiger partial charge in [0.1, 0.15) is 5.75 Å². The van der Waals surface area contributed by atoms with Gasteiger partial charge in [-0.25, -0.2) is 9.59 Å². The van der Waals surface area contributed by atoms with E-state index >= 15 is 0 Å². The van der Waals surface area contributed by atoms with Crippen molar-refractivity contribution in [3.8, 4) is 23.3 Å². The molecular formula is C26H23NO5. The summed E-state index contributed by atoms with van der Waals surface area (Å²) >= 11 is 0. The van der Waals surface area contributed by atoms with Gasteiger partial charge < -0.3 is 14.2 Å². The lowest BCUT2D eigenvalue weighted by molar-refractivity contribution is 0.0728. The third kappa shape index (κ3) is 5.73. The summed E-state index contributed by atoms with van der Waals surface area (Å²) in [7, 11) is 1.42. The van der Waals surface area contributed by atoms with E-state index in [1.165, 1.54) is 55.1 Å². The van der Waals surface area contributed by atoms with E-state index in [1.54, 1.807) is 12.1 Å². The van der Waals surface area contributed by atoms with Crippen LogP contribution < -0.4 is 14.2 Å². The Morgan fingerprint density at radius 2 is 1.50 bits per heavy atom. The normalized spacial score (nSPS) is 10.2. The van der Waals surface area contributed by atoms with Gasteiger partial charge in [-0.15, -0.1) is 0 Å². The van der Waals surface area contributed by atoms with E-state index in [0.717, 1.165) is 19.3 Å². The van der Waals surface area contributed by atoms with Crippen molar-refractivity contribution in [3.63, 3.8) is 0 Å². The number of esters is 2. The number of hydrogen-bond acceptors (Lipinski definition) is 6.